The average Bonchev–Trinajstić information content (AvgIpc) is 2.73. The lowest BCUT2D eigenvalue weighted by molar-refractivity contribution is -0.159. The second kappa shape index (κ2) is 11.8. The SMILES string of the molecule is BC(C)(C)CC(C)(C(=O)OCCCCCCn1cc(-c2ccccc2)c(=S)[nH]c1=O)C(C)C. The van der Waals surface area contributed by atoms with Gasteiger partial charge in [0.1, 0.15) is 12.5 Å². The summed E-state index contributed by atoms with van der Waals surface area (Å²) in [5, 5.41) is 0.0668. The Kier molecular flexibility index (Phi) is 9.71. The minimum absolute atomic E-state index is 0.0668. The number of carbonyl (C=O) groups is 1. The molecule has 0 saturated heterocycles. The van der Waals surface area contributed by atoms with Gasteiger partial charge in [-0.05, 0) is 44.1 Å². The summed E-state index contributed by atoms with van der Waals surface area (Å²) in [6.07, 6.45) is 6.27. The van der Waals surface area contributed by atoms with Gasteiger partial charge < -0.3 is 9.30 Å². The fraction of sp³-hybridized carbons (Fsp3) is 0.577. The highest BCUT2D eigenvalue weighted by Gasteiger charge is 2.41. The van der Waals surface area contributed by atoms with E-state index < -0.39 is 5.41 Å². The molecule has 0 spiro atoms. The van der Waals surface area contributed by atoms with Crippen LogP contribution in [0, 0.1) is 16.0 Å². The lowest BCUT2D eigenvalue weighted by Gasteiger charge is -2.37. The summed E-state index contributed by atoms with van der Waals surface area (Å²) in [5.41, 5.74) is 1.21. The Labute approximate surface area is 204 Å². The Morgan fingerprint density at radius 1 is 1.12 bits per heavy atom. The van der Waals surface area contributed by atoms with Crippen molar-refractivity contribution in [3.63, 3.8) is 0 Å². The standard InChI is InChI=1S/C26H39BN2O3S/c1-19(2)26(5,18-25(3,4)27)23(30)32-16-12-7-6-11-15-29-17-21(22(33)28-24(29)31)20-13-9-8-10-14-20/h8-10,13-14,17,19H,6-7,11-12,15-16,18,27H2,1-5H3,(H,28,31,33). The molecule has 2 aromatic rings. The topological polar surface area (TPSA) is 64.1 Å². The molecule has 0 aliphatic rings. The molecule has 5 nitrogen and oxygen atoms in total. The summed E-state index contributed by atoms with van der Waals surface area (Å²) in [4.78, 5) is 27.9. The van der Waals surface area contributed by atoms with Crippen molar-refractivity contribution in [2.45, 2.75) is 78.6 Å². The number of aromatic amines is 1. The number of rotatable bonds is 12. The van der Waals surface area contributed by atoms with Crippen LogP contribution in [0.3, 0.4) is 0 Å². The molecule has 0 fully saturated rings. The fourth-order valence-corrected chi connectivity index (χ4v) is 4.44. The zero-order chi connectivity index (χ0) is 24.6. The van der Waals surface area contributed by atoms with Crippen LogP contribution >= 0.6 is 12.2 Å². The predicted molar refractivity (Wildman–Crippen MR) is 141 cm³/mol. The first-order valence-electron chi connectivity index (χ1n) is 12.0. The summed E-state index contributed by atoms with van der Waals surface area (Å²) in [6, 6.07) is 9.84. The quantitative estimate of drug-likeness (QED) is 0.191. The number of aromatic nitrogens is 2. The smallest absolute Gasteiger partial charge is 0.326 e. The van der Waals surface area contributed by atoms with Gasteiger partial charge >= 0.3 is 11.7 Å². The van der Waals surface area contributed by atoms with E-state index in [0.29, 0.717) is 17.8 Å². The van der Waals surface area contributed by atoms with Gasteiger partial charge in [-0.2, -0.15) is 0 Å². The summed E-state index contributed by atoms with van der Waals surface area (Å²) < 4.78 is 7.82. The summed E-state index contributed by atoms with van der Waals surface area (Å²) >= 11 is 5.35. The van der Waals surface area contributed by atoms with Crippen molar-refractivity contribution in [1.82, 2.24) is 9.55 Å². The first-order valence-corrected chi connectivity index (χ1v) is 12.4. The van der Waals surface area contributed by atoms with E-state index >= 15 is 0 Å². The van der Waals surface area contributed by atoms with Gasteiger partial charge in [0, 0.05) is 18.3 Å². The highest BCUT2D eigenvalue weighted by molar-refractivity contribution is 7.71. The molecule has 0 aliphatic heterocycles. The van der Waals surface area contributed by atoms with Crippen molar-refractivity contribution in [1.29, 1.82) is 0 Å². The zero-order valence-corrected chi connectivity index (χ0v) is 21.9. The van der Waals surface area contributed by atoms with Crippen molar-refractivity contribution >= 4 is 26.0 Å². The Morgan fingerprint density at radius 3 is 2.36 bits per heavy atom. The highest BCUT2D eigenvalue weighted by atomic mass is 32.1. The number of carbonyl (C=O) groups excluding carboxylic acids is 1. The number of hydrogen-bond donors (Lipinski definition) is 1. The first-order chi connectivity index (χ1) is 15.4. The van der Waals surface area contributed by atoms with E-state index in [0.717, 1.165) is 43.2 Å². The molecule has 7 heteroatoms. The number of ether oxygens (including phenoxy) is 1. The van der Waals surface area contributed by atoms with Crippen LogP contribution in [-0.2, 0) is 16.1 Å². The maximum Gasteiger partial charge on any atom is 0.326 e. The number of nitrogens with one attached hydrogen (secondary N) is 1. The third-order valence-corrected chi connectivity index (χ3v) is 6.58. The number of unbranched alkanes of at least 4 members (excludes halogenated alkanes) is 3. The number of esters is 1. The second-order valence-corrected chi connectivity index (χ2v) is 11.1. The van der Waals surface area contributed by atoms with E-state index in [1.54, 1.807) is 4.57 Å². The second-order valence-electron chi connectivity index (χ2n) is 10.7. The first kappa shape index (κ1) is 27.1. The molecular formula is C26H39BN2O3S. The number of aryl methyl sites for hydroxylation is 1. The Balaban J connectivity index is 1.81. The molecule has 1 atom stereocenters. The van der Waals surface area contributed by atoms with Crippen LogP contribution in [0.15, 0.2) is 41.3 Å². The molecule has 0 bridgehead atoms. The Bertz CT molecular complexity index is 1020. The van der Waals surface area contributed by atoms with Crippen molar-refractivity contribution in [3.8, 4) is 11.1 Å². The summed E-state index contributed by atoms with van der Waals surface area (Å²) in [5.74, 6) is 0.133. The van der Waals surface area contributed by atoms with Crippen LogP contribution in [0.4, 0.5) is 0 Å². The molecule has 0 saturated carbocycles. The molecule has 180 valence electrons. The molecule has 2 rings (SSSR count). The zero-order valence-electron chi connectivity index (χ0n) is 21.1. The van der Waals surface area contributed by atoms with Crippen molar-refractivity contribution in [3.05, 3.63) is 51.7 Å². The normalized spacial score (nSPS) is 13.6. The maximum absolute atomic E-state index is 12.8. The van der Waals surface area contributed by atoms with E-state index in [1.807, 2.05) is 43.5 Å². The van der Waals surface area contributed by atoms with Crippen LogP contribution in [0.25, 0.3) is 11.1 Å². The molecule has 0 amide bonds. The molecule has 0 aliphatic carbocycles. The van der Waals surface area contributed by atoms with E-state index in [1.165, 1.54) is 0 Å². The van der Waals surface area contributed by atoms with Gasteiger partial charge in [0.05, 0.1) is 12.0 Å². The number of nitrogens with zero attached hydrogens (tertiary/aromatic N) is 1. The van der Waals surface area contributed by atoms with Crippen molar-refractivity contribution < 1.29 is 9.53 Å². The van der Waals surface area contributed by atoms with Crippen LogP contribution < -0.4 is 5.69 Å². The lowest BCUT2D eigenvalue weighted by atomic mass is 9.60. The fourth-order valence-electron chi connectivity index (χ4n) is 4.18. The summed E-state index contributed by atoms with van der Waals surface area (Å²) in [7, 11) is 2.16. The highest BCUT2D eigenvalue weighted by Crippen LogP contribution is 2.42. The van der Waals surface area contributed by atoms with E-state index in [9.17, 15) is 9.59 Å². The van der Waals surface area contributed by atoms with Gasteiger partial charge in [-0.25, -0.2) is 4.79 Å². The van der Waals surface area contributed by atoms with E-state index in [2.05, 4.69) is 40.5 Å². The minimum atomic E-state index is -0.469. The van der Waals surface area contributed by atoms with Crippen LogP contribution in [0.1, 0.15) is 66.7 Å². The van der Waals surface area contributed by atoms with E-state index in [4.69, 9.17) is 17.0 Å². The largest absolute Gasteiger partial charge is 0.465 e. The van der Waals surface area contributed by atoms with Crippen LogP contribution in [0.2, 0.25) is 5.31 Å². The molecule has 0 radical (unpaired) electrons. The Hall–Kier alpha value is -2.15. The molecular weight excluding hydrogens is 431 g/mol. The maximum atomic E-state index is 12.8. The van der Waals surface area contributed by atoms with Crippen LogP contribution in [-0.4, -0.2) is 30.0 Å². The number of H-pyrrole nitrogens is 1. The molecule has 1 unspecified atom stereocenters. The predicted octanol–water partition coefficient (Wildman–Crippen LogP) is 5.56. The van der Waals surface area contributed by atoms with Gasteiger partial charge in [0.2, 0.25) is 0 Å². The van der Waals surface area contributed by atoms with Gasteiger partial charge in [-0.1, -0.05) is 82.0 Å². The minimum Gasteiger partial charge on any atom is -0.465 e. The molecule has 1 N–H and O–H groups in total. The molecule has 1 heterocycles. The van der Waals surface area contributed by atoms with Crippen molar-refractivity contribution in [2.24, 2.45) is 11.3 Å². The van der Waals surface area contributed by atoms with Crippen LogP contribution in [0.5, 0.6) is 0 Å². The van der Waals surface area contributed by atoms with Gasteiger partial charge in [0.15, 0.2) is 0 Å². The third kappa shape index (κ3) is 7.99. The van der Waals surface area contributed by atoms with Gasteiger partial charge in [0.25, 0.3) is 0 Å². The monoisotopic (exact) mass is 470 g/mol. The van der Waals surface area contributed by atoms with Crippen molar-refractivity contribution in [2.75, 3.05) is 6.61 Å². The van der Waals surface area contributed by atoms with E-state index in [-0.39, 0.29) is 22.9 Å². The Morgan fingerprint density at radius 2 is 1.76 bits per heavy atom. The number of benzene rings is 1. The lowest BCUT2D eigenvalue weighted by Crippen LogP contribution is -2.37. The third-order valence-electron chi connectivity index (χ3n) is 6.26. The molecule has 33 heavy (non-hydrogen) atoms. The van der Waals surface area contributed by atoms with Gasteiger partial charge in [-0.15, -0.1) is 0 Å². The molecule has 1 aromatic carbocycles. The number of hydrogen-bond acceptors (Lipinski definition) is 4. The molecule has 1 aromatic heterocycles. The van der Waals surface area contributed by atoms with Gasteiger partial charge in [-0.3, -0.25) is 9.78 Å². The average molecular weight is 470 g/mol. The summed E-state index contributed by atoms with van der Waals surface area (Å²) in [6.45, 7) is 11.6.